The summed E-state index contributed by atoms with van der Waals surface area (Å²) in [6, 6.07) is 12.6. The summed E-state index contributed by atoms with van der Waals surface area (Å²) in [6.45, 7) is 0. The highest BCUT2D eigenvalue weighted by atomic mass is 32.2. The van der Waals surface area contributed by atoms with Gasteiger partial charge in [-0.25, -0.2) is 12.8 Å². The van der Waals surface area contributed by atoms with Gasteiger partial charge in [0.1, 0.15) is 16.6 Å². The first-order valence-electron chi connectivity index (χ1n) is 6.86. The van der Waals surface area contributed by atoms with Gasteiger partial charge in [-0.3, -0.25) is 4.79 Å². The molecule has 0 unspecified atom stereocenters. The van der Waals surface area contributed by atoms with E-state index in [1.54, 1.807) is 18.2 Å². The number of nitrogens with two attached hydrogens (primary N) is 1. The number of carbonyl (C=O) groups is 1. The van der Waals surface area contributed by atoms with Crippen molar-refractivity contribution in [2.24, 2.45) is 5.73 Å². The summed E-state index contributed by atoms with van der Waals surface area (Å²) in [5, 5.41) is 8.12. The predicted molar refractivity (Wildman–Crippen MR) is 81.1 cm³/mol. The molecule has 23 heavy (non-hydrogen) atoms. The van der Waals surface area contributed by atoms with Crippen LogP contribution in [-0.2, 0) is 14.6 Å². The van der Waals surface area contributed by atoms with Crippen LogP contribution in [0.1, 0.15) is 11.5 Å². The van der Waals surface area contributed by atoms with Crippen molar-refractivity contribution >= 4 is 15.8 Å². The summed E-state index contributed by atoms with van der Waals surface area (Å²) in [7, 11) is -3.93. The molecule has 3 N–H and O–H groups in total. The Bertz CT molecular complexity index is 851. The number of halogens is 1. The van der Waals surface area contributed by atoms with Crippen LogP contribution < -0.4 is 5.73 Å². The number of benzene rings is 2. The molecule has 3 atom stereocenters. The Kier molecular flexibility index (Phi) is 3.50. The van der Waals surface area contributed by atoms with Crippen LogP contribution in [0.2, 0.25) is 0 Å². The number of aliphatic carboxylic acids is 1. The zero-order chi connectivity index (χ0) is 16.8. The van der Waals surface area contributed by atoms with Crippen LogP contribution in [0.4, 0.5) is 4.39 Å². The molecule has 0 bridgehead atoms. The standard InChI is InChI=1S/C16H14FNO4S/c17-11-8-6-10(7-9-11)13-14(16(13,18)15(19)20)23(21,22)12-4-2-1-3-5-12/h1-9,13-14H,18H2,(H,19,20)/t13-,14-,16+/m0/s1. The number of carboxylic acid groups (broad SMARTS) is 1. The molecule has 0 heterocycles. The molecule has 1 saturated carbocycles. The van der Waals surface area contributed by atoms with E-state index < -0.39 is 38.3 Å². The van der Waals surface area contributed by atoms with Gasteiger partial charge in [0.15, 0.2) is 9.84 Å². The number of rotatable bonds is 4. The van der Waals surface area contributed by atoms with Crippen molar-refractivity contribution in [2.45, 2.75) is 21.6 Å². The van der Waals surface area contributed by atoms with E-state index in [0.29, 0.717) is 5.56 Å². The highest BCUT2D eigenvalue weighted by molar-refractivity contribution is 7.92. The molecule has 5 nitrogen and oxygen atoms in total. The molecular weight excluding hydrogens is 321 g/mol. The lowest BCUT2D eigenvalue weighted by atomic mass is 10.1. The lowest BCUT2D eigenvalue weighted by molar-refractivity contribution is -0.139. The first-order valence-corrected chi connectivity index (χ1v) is 8.41. The Hall–Kier alpha value is -2.25. The Morgan fingerprint density at radius 1 is 1.09 bits per heavy atom. The van der Waals surface area contributed by atoms with Gasteiger partial charge in [0, 0.05) is 5.92 Å². The summed E-state index contributed by atoms with van der Waals surface area (Å²) in [5.74, 6) is -2.81. The first kappa shape index (κ1) is 15.6. The summed E-state index contributed by atoms with van der Waals surface area (Å²) < 4.78 is 38.5. The van der Waals surface area contributed by atoms with Crippen molar-refractivity contribution in [3.05, 3.63) is 66.0 Å². The van der Waals surface area contributed by atoms with E-state index >= 15 is 0 Å². The van der Waals surface area contributed by atoms with Gasteiger partial charge in [-0.2, -0.15) is 0 Å². The molecule has 0 aliphatic heterocycles. The lowest BCUT2D eigenvalue weighted by Gasteiger charge is -2.06. The van der Waals surface area contributed by atoms with Crippen molar-refractivity contribution in [2.75, 3.05) is 0 Å². The zero-order valence-corrected chi connectivity index (χ0v) is 12.7. The van der Waals surface area contributed by atoms with Crippen LogP contribution in [-0.4, -0.2) is 30.3 Å². The number of hydrogen-bond donors (Lipinski definition) is 2. The normalized spacial score (nSPS) is 26.7. The SMILES string of the molecule is N[C@]1(C(=O)O)[C@@H](c2ccc(F)cc2)[C@@H]1S(=O)(=O)c1ccccc1. The van der Waals surface area contributed by atoms with Crippen LogP contribution >= 0.6 is 0 Å². The van der Waals surface area contributed by atoms with E-state index in [1.807, 2.05) is 0 Å². The van der Waals surface area contributed by atoms with Crippen LogP contribution in [0.15, 0.2) is 59.5 Å². The van der Waals surface area contributed by atoms with Crippen molar-refractivity contribution < 1.29 is 22.7 Å². The molecule has 120 valence electrons. The Balaban J connectivity index is 2.07. The topological polar surface area (TPSA) is 97.5 Å². The predicted octanol–water partition coefficient (Wildman–Crippen LogP) is 1.55. The second kappa shape index (κ2) is 5.14. The monoisotopic (exact) mass is 335 g/mol. The zero-order valence-electron chi connectivity index (χ0n) is 11.9. The van der Waals surface area contributed by atoms with Crippen molar-refractivity contribution in [3.63, 3.8) is 0 Å². The molecule has 0 radical (unpaired) electrons. The van der Waals surface area contributed by atoms with E-state index in [2.05, 4.69) is 0 Å². The van der Waals surface area contributed by atoms with E-state index in [4.69, 9.17) is 5.73 Å². The average molecular weight is 335 g/mol. The van der Waals surface area contributed by atoms with E-state index in [-0.39, 0.29) is 4.90 Å². The highest BCUT2D eigenvalue weighted by Gasteiger charge is 2.74. The maximum absolute atomic E-state index is 13.1. The van der Waals surface area contributed by atoms with Crippen molar-refractivity contribution in [1.29, 1.82) is 0 Å². The van der Waals surface area contributed by atoms with Crippen LogP contribution in [0.5, 0.6) is 0 Å². The van der Waals surface area contributed by atoms with Gasteiger partial charge < -0.3 is 10.8 Å². The Morgan fingerprint density at radius 3 is 2.17 bits per heavy atom. The third-order valence-electron chi connectivity index (χ3n) is 4.18. The first-order chi connectivity index (χ1) is 10.8. The molecule has 7 heteroatoms. The average Bonchev–Trinajstić information content (AvgIpc) is 3.18. The molecular formula is C16H14FNO4S. The fraction of sp³-hybridized carbons (Fsp3) is 0.188. The second-order valence-electron chi connectivity index (χ2n) is 5.55. The molecule has 1 fully saturated rings. The van der Waals surface area contributed by atoms with Gasteiger partial charge in [-0.1, -0.05) is 30.3 Å². The van der Waals surface area contributed by atoms with Crippen LogP contribution in [0.3, 0.4) is 0 Å². The third-order valence-corrected chi connectivity index (χ3v) is 6.44. The molecule has 0 aromatic heterocycles. The van der Waals surface area contributed by atoms with Crippen molar-refractivity contribution in [1.82, 2.24) is 0 Å². The van der Waals surface area contributed by atoms with E-state index in [1.165, 1.54) is 24.3 Å². The van der Waals surface area contributed by atoms with Gasteiger partial charge in [0.25, 0.3) is 0 Å². The smallest absolute Gasteiger partial charge is 0.325 e. The Labute approximate surface area is 132 Å². The quantitative estimate of drug-likeness (QED) is 0.883. The Morgan fingerprint density at radius 2 is 1.65 bits per heavy atom. The van der Waals surface area contributed by atoms with Gasteiger partial charge in [-0.15, -0.1) is 0 Å². The third kappa shape index (κ3) is 2.32. The summed E-state index contributed by atoms with van der Waals surface area (Å²) in [6.07, 6.45) is 0. The van der Waals surface area contributed by atoms with Crippen LogP contribution in [0.25, 0.3) is 0 Å². The minimum Gasteiger partial charge on any atom is -0.480 e. The molecule has 3 rings (SSSR count). The molecule has 0 saturated heterocycles. The lowest BCUT2D eigenvalue weighted by Crippen LogP contribution is -2.39. The summed E-state index contributed by atoms with van der Waals surface area (Å²) >= 11 is 0. The minimum absolute atomic E-state index is 0.0192. The van der Waals surface area contributed by atoms with Gasteiger partial charge >= 0.3 is 5.97 Å². The molecule has 2 aromatic rings. The fourth-order valence-electron chi connectivity index (χ4n) is 2.94. The molecule has 1 aliphatic rings. The maximum Gasteiger partial charge on any atom is 0.325 e. The van der Waals surface area contributed by atoms with Crippen molar-refractivity contribution in [3.8, 4) is 0 Å². The molecule has 0 spiro atoms. The van der Waals surface area contributed by atoms with E-state index in [0.717, 1.165) is 12.1 Å². The van der Waals surface area contributed by atoms with Gasteiger partial charge in [-0.05, 0) is 29.8 Å². The number of carboxylic acids is 1. The number of sulfone groups is 1. The van der Waals surface area contributed by atoms with Gasteiger partial charge in [0.2, 0.25) is 0 Å². The molecule has 2 aromatic carbocycles. The van der Waals surface area contributed by atoms with E-state index in [9.17, 15) is 22.7 Å². The minimum atomic E-state index is -3.93. The largest absolute Gasteiger partial charge is 0.480 e. The number of hydrogen-bond acceptors (Lipinski definition) is 4. The fourth-order valence-corrected chi connectivity index (χ4v) is 5.19. The van der Waals surface area contributed by atoms with Crippen LogP contribution in [0, 0.1) is 5.82 Å². The molecule has 1 aliphatic carbocycles. The molecule has 0 amide bonds. The highest BCUT2D eigenvalue weighted by Crippen LogP contribution is 2.55. The summed E-state index contributed by atoms with van der Waals surface area (Å²) in [5.41, 5.74) is 4.36. The maximum atomic E-state index is 13.1. The second-order valence-corrected chi connectivity index (χ2v) is 7.62. The summed E-state index contributed by atoms with van der Waals surface area (Å²) in [4.78, 5) is 11.6. The van der Waals surface area contributed by atoms with Gasteiger partial charge in [0.05, 0.1) is 4.90 Å².